The average molecular weight is 467 g/mol. The van der Waals surface area contributed by atoms with E-state index in [1.54, 1.807) is 61.5 Å². The molecule has 3 aromatic carbocycles. The van der Waals surface area contributed by atoms with Crippen LogP contribution in [0.15, 0.2) is 77.2 Å². The Bertz CT molecular complexity index is 1300. The molecular formula is C25H20ClFN2O4. The highest BCUT2D eigenvalue weighted by molar-refractivity contribution is 6.31. The molecule has 0 aliphatic carbocycles. The molecule has 4 rings (SSSR count). The van der Waals surface area contributed by atoms with Crippen molar-refractivity contribution in [1.29, 1.82) is 0 Å². The first kappa shape index (κ1) is 22.4. The van der Waals surface area contributed by atoms with Gasteiger partial charge < -0.3 is 13.9 Å². The first-order valence-electron chi connectivity index (χ1n) is 10.1. The summed E-state index contributed by atoms with van der Waals surface area (Å²) in [7, 11) is 0. The van der Waals surface area contributed by atoms with Gasteiger partial charge in [-0.3, -0.25) is 10.1 Å². The van der Waals surface area contributed by atoms with Crippen molar-refractivity contribution >= 4 is 40.7 Å². The number of aromatic nitrogens is 1. The molecule has 4 aromatic rings. The second-order valence-electron chi connectivity index (χ2n) is 7.31. The predicted octanol–water partition coefficient (Wildman–Crippen LogP) is 6.54. The minimum Gasteiger partial charge on any atom is -0.481 e. The molecule has 6 nitrogen and oxygen atoms in total. The molecule has 0 bridgehead atoms. The van der Waals surface area contributed by atoms with Gasteiger partial charge >= 0.3 is 6.01 Å². The molecule has 0 saturated carbocycles. The van der Waals surface area contributed by atoms with Gasteiger partial charge in [0.2, 0.25) is 0 Å². The lowest BCUT2D eigenvalue weighted by Crippen LogP contribution is -2.30. The van der Waals surface area contributed by atoms with E-state index in [0.29, 0.717) is 33.2 Å². The number of hydrogen-bond acceptors (Lipinski definition) is 5. The van der Waals surface area contributed by atoms with E-state index < -0.39 is 18.0 Å². The van der Waals surface area contributed by atoms with Crippen LogP contribution < -0.4 is 14.8 Å². The second-order valence-corrected chi connectivity index (χ2v) is 7.75. The van der Waals surface area contributed by atoms with Gasteiger partial charge in [-0.2, -0.15) is 9.37 Å². The Balaban J connectivity index is 1.33. The fourth-order valence-corrected chi connectivity index (χ4v) is 3.11. The fraction of sp³-hybridized carbons (Fsp3) is 0.120. The van der Waals surface area contributed by atoms with Crippen LogP contribution in [0.1, 0.15) is 18.1 Å². The van der Waals surface area contributed by atoms with Crippen LogP contribution in [0.3, 0.4) is 0 Å². The Morgan fingerprint density at radius 2 is 1.79 bits per heavy atom. The van der Waals surface area contributed by atoms with E-state index in [-0.39, 0.29) is 6.01 Å². The number of benzene rings is 3. The lowest BCUT2D eigenvalue weighted by atomic mass is 10.1. The second kappa shape index (κ2) is 9.75. The van der Waals surface area contributed by atoms with Gasteiger partial charge in [-0.05, 0) is 61.9 Å². The SMILES string of the molecule is Cc1ccc(C=C(F)Oc2ccc(O[C@H](C)C(=O)Nc3nc4cc(Cl)ccc4o3)cc2)cc1. The van der Waals surface area contributed by atoms with Gasteiger partial charge in [0, 0.05) is 11.1 Å². The third-order valence-electron chi connectivity index (χ3n) is 4.66. The maximum absolute atomic E-state index is 14.1. The summed E-state index contributed by atoms with van der Waals surface area (Å²) in [6.07, 6.45) is 0.463. The largest absolute Gasteiger partial charge is 0.481 e. The summed E-state index contributed by atoms with van der Waals surface area (Å²) in [4.78, 5) is 16.6. The quantitative estimate of drug-likeness (QED) is 0.313. The minimum atomic E-state index is -0.839. The molecule has 33 heavy (non-hydrogen) atoms. The number of nitrogens with one attached hydrogen (secondary N) is 1. The van der Waals surface area contributed by atoms with Gasteiger partial charge in [0.15, 0.2) is 11.7 Å². The zero-order valence-corrected chi connectivity index (χ0v) is 18.6. The van der Waals surface area contributed by atoms with E-state index in [0.717, 1.165) is 5.56 Å². The van der Waals surface area contributed by atoms with Crippen LogP contribution in [0.2, 0.25) is 5.02 Å². The first-order valence-corrected chi connectivity index (χ1v) is 10.5. The van der Waals surface area contributed by atoms with Crippen molar-refractivity contribution in [3.05, 3.63) is 88.9 Å². The number of halogens is 2. The number of nitrogens with zero attached hydrogens (tertiary/aromatic N) is 1. The molecule has 0 saturated heterocycles. The standard InChI is InChI=1S/C25H20ClFN2O4/c1-15-3-5-17(6-4-15)13-23(27)32-20-10-8-19(9-11-20)31-16(2)24(30)29-25-28-21-14-18(26)7-12-22(21)33-25/h3-14,16H,1-2H3,(H,28,29,30)/t16-/m1/s1. The highest BCUT2D eigenvalue weighted by Crippen LogP contribution is 2.24. The summed E-state index contributed by atoms with van der Waals surface area (Å²) >= 11 is 5.93. The Labute approximate surface area is 194 Å². The third-order valence-corrected chi connectivity index (χ3v) is 4.89. The Morgan fingerprint density at radius 3 is 2.52 bits per heavy atom. The zero-order valence-electron chi connectivity index (χ0n) is 17.8. The summed E-state index contributed by atoms with van der Waals surface area (Å²) in [5.74, 6) is 0.266. The number of anilines is 1. The van der Waals surface area contributed by atoms with Crippen molar-refractivity contribution in [3.8, 4) is 11.5 Å². The Hall–Kier alpha value is -3.84. The molecule has 0 aliphatic rings. The highest BCUT2D eigenvalue weighted by atomic mass is 35.5. The van der Waals surface area contributed by atoms with Crippen molar-refractivity contribution < 1.29 is 23.1 Å². The van der Waals surface area contributed by atoms with Crippen LogP contribution in [0.4, 0.5) is 10.4 Å². The molecule has 168 valence electrons. The van der Waals surface area contributed by atoms with Gasteiger partial charge in [-0.15, -0.1) is 0 Å². The summed E-state index contributed by atoms with van der Waals surface area (Å²) in [6.45, 7) is 3.55. The van der Waals surface area contributed by atoms with E-state index in [2.05, 4.69) is 10.3 Å². The summed E-state index contributed by atoms with van der Waals surface area (Å²) in [6, 6.07) is 17.9. The Kier molecular flexibility index (Phi) is 6.60. The van der Waals surface area contributed by atoms with Crippen molar-refractivity contribution in [3.63, 3.8) is 0 Å². The van der Waals surface area contributed by atoms with Gasteiger partial charge in [0.25, 0.3) is 11.9 Å². The smallest absolute Gasteiger partial charge is 0.302 e. The third kappa shape index (κ3) is 5.90. The van der Waals surface area contributed by atoms with Crippen LogP contribution in [0, 0.1) is 6.92 Å². The average Bonchev–Trinajstić information content (AvgIpc) is 3.18. The molecule has 1 aromatic heterocycles. The number of ether oxygens (including phenoxy) is 2. The number of fused-ring (bicyclic) bond motifs is 1. The molecule has 0 unspecified atom stereocenters. The molecule has 8 heteroatoms. The lowest BCUT2D eigenvalue weighted by molar-refractivity contribution is -0.122. The molecule has 1 heterocycles. The first-order chi connectivity index (χ1) is 15.9. The van der Waals surface area contributed by atoms with E-state index in [9.17, 15) is 9.18 Å². The lowest BCUT2D eigenvalue weighted by Gasteiger charge is -2.13. The van der Waals surface area contributed by atoms with E-state index in [4.69, 9.17) is 25.5 Å². The van der Waals surface area contributed by atoms with E-state index >= 15 is 0 Å². The Morgan fingerprint density at radius 1 is 1.09 bits per heavy atom. The van der Waals surface area contributed by atoms with Gasteiger partial charge in [-0.1, -0.05) is 41.4 Å². The van der Waals surface area contributed by atoms with E-state index in [1.165, 1.54) is 6.08 Å². The van der Waals surface area contributed by atoms with E-state index in [1.807, 2.05) is 19.1 Å². The van der Waals surface area contributed by atoms with Crippen LogP contribution in [-0.4, -0.2) is 17.0 Å². The van der Waals surface area contributed by atoms with Crippen LogP contribution in [0.25, 0.3) is 17.2 Å². The molecule has 1 N–H and O–H groups in total. The zero-order chi connectivity index (χ0) is 23.4. The molecule has 0 spiro atoms. The molecule has 1 amide bonds. The molecule has 1 atom stereocenters. The number of aryl methyl sites for hydroxylation is 1. The van der Waals surface area contributed by atoms with Gasteiger partial charge in [0.1, 0.15) is 17.0 Å². The van der Waals surface area contributed by atoms with Crippen LogP contribution in [-0.2, 0) is 4.79 Å². The van der Waals surface area contributed by atoms with Crippen LogP contribution in [0.5, 0.6) is 11.5 Å². The molecule has 0 aliphatic heterocycles. The number of rotatable bonds is 7. The predicted molar refractivity (Wildman–Crippen MR) is 125 cm³/mol. The highest BCUT2D eigenvalue weighted by Gasteiger charge is 2.18. The number of carbonyl (C=O) groups excluding carboxylic acids is 1. The fourth-order valence-electron chi connectivity index (χ4n) is 2.94. The van der Waals surface area contributed by atoms with Gasteiger partial charge in [0.05, 0.1) is 0 Å². The van der Waals surface area contributed by atoms with Gasteiger partial charge in [-0.25, -0.2) is 0 Å². The number of amides is 1. The topological polar surface area (TPSA) is 73.6 Å². The normalized spacial score (nSPS) is 12.4. The van der Waals surface area contributed by atoms with Crippen molar-refractivity contribution in [1.82, 2.24) is 4.98 Å². The monoisotopic (exact) mass is 466 g/mol. The number of hydrogen-bond donors (Lipinski definition) is 1. The summed E-state index contributed by atoms with van der Waals surface area (Å²) in [5.41, 5.74) is 2.82. The maximum Gasteiger partial charge on any atom is 0.302 e. The summed E-state index contributed by atoms with van der Waals surface area (Å²) in [5, 5.41) is 3.09. The molecule has 0 fully saturated rings. The molecule has 0 radical (unpaired) electrons. The van der Waals surface area contributed by atoms with Crippen LogP contribution >= 0.6 is 11.6 Å². The molecular weight excluding hydrogens is 447 g/mol. The maximum atomic E-state index is 14.1. The van der Waals surface area contributed by atoms with Crippen molar-refractivity contribution in [2.24, 2.45) is 0 Å². The minimum absolute atomic E-state index is 0.0484. The summed E-state index contributed by atoms with van der Waals surface area (Å²) < 4.78 is 30.5. The van der Waals surface area contributed by atoms with Crippen molar-refractivity contribution in [2.75, 3.05) is 5.32 Å². The number of oxazole rings is 1. The number of carbonyl (C=O) groups is 1. The van der Waals surface area contributed by atoms with Crippen molar-refractivity contribution in [2.45, 2.75) is 20.0 Å².